The molecule has 1 unspecified atom stereocenters. The van der Waals surface area contributed by atoms with E-state index in [2.05, 4.69) is 4.13 Å². The molecule has 0 aliphatic rings. The van der Waals surface area contributed by atoms with Crippen LogP contribution in [0, 0.1) is 6.92 Å². The highest BCUT2D eigenvalue weighted by Gasteiger charge is 2.29. The molecule has 5 heteroatoms. The first-order valence-corrected chi connectivity index (χ1v) is 9.87. The predicted octanol–water partition coefficient (Wildman–Crippen LogP) is 3.44. The van der Waals surface area contributed by atoms with Crippen molar-refractivity contribution >= 4 is 21.1 Å². The molecule has 0 spiro atoms. The van der Waals surface area contributed by atoms with E-state index in [0.717, 1.165) is 10.5 Å². The van der Waals surface area contributed by atoms with Crippen LogP contribution in [0.3, 0.4) is 0 Å². The minimum absolute atomic E-state index is 0.298. The summed E-state index contributed by atoms with van der Waals surface area (Å²) in [5, 5.41) is 0. The first-order valence-electron chi connectivity index (χ1n) is 6.99. The Bertz CT molecular complexity index is 723. The Morgan fingerprint density at radius 3 is 2.27 bits per heavy atom. The van der Waals surface area contributed by atoms with Crippen LogP contribution >= 0.6 is 0 Å². The van der Waals surface area contributed by atoms with Gasteiger partial charge in [0.1, 0.15) is 11.1 Å². The van der Waals surface area contributed by atoms with E-state index in [1.807, 2.05) is 56.3 Å². The molecule has 2 aromatic carbocycles. The highest BCUT2D eigenvalue weighted by molar-refractivity contribution is 8.07. The molecule has 0 bridgehead atoms. The Morgan fingerprint density at radius 1 is 1.05 bits per heavy atom. The van der Waals surface area contributed by atoms with Crippen LogP contribution in [0.2, 0.25) is 0 Å². The van der Waals surface area contributed by atoms with Crippen molar-refractivity contribution in [3.05, 3.63) is 72.3 Å². The second-order valence-corrected chi connectivity index (χ2v) is 8.57. The molecule has 2 aromatic rings. The highest BCUT2D eigenvalue weighted by Crippen LogP contribution is 2.17. The van der Waals surface area contributed by atoms with Gasteiger partial charge in [0.2, 0.25) is 0 Å². The molecule has 3 nitrogen and oxygen atoms in total. The summed E-state index contributed by atoms with van der Waals surface area (Å²) in [4.78, 5) is 1.28. The lowest BCUT2D eigenvalue weighted by Gasteiger charge is -2.08. The van der Waals surface area contributed by atoms with E-state index in [0.29, 0.717) is 10.6 Å². The van der Waals surface area contributed by atoms with Crippen LogP contribution < -0.4 is 4.13 Å². The SMILES string of the molecule is CC=CC[S+](NS(=O)(=O)c1ccc(C)cc1)c1ccccc1. The lowest BCUT2D eigenvalue weighted by molar-refractivity contribution is 0.594. The predicted molar refractivity (Wildman–Crippen MR) is 93.3 cm³/mol. The van der Waals surface area contributed by atoms with Gasteiger partial charge < -0.3 is 0 Å². The molecule has 2 rings (SSSR count). The largest absolute Gasteiger partial charge is 0.279 e. The van der Waals surface area contributed by atoms with Gasteiger partial charge in [-0.25, -0.2) is 8.42 Å². The lowest BCUT2D eigenvalue weighted by Crippen LogP contribution is -2.32. The normalized spacial score (nSPS) is 13.4. The molecular weight excluding hydrogens is 314 g/mol. The summed E-state index contributed by atoms with van der Waals surface area (Å²) >= 11 is -0.588. The number of allylic oxidation sites excluding steroid dienone is 1. The van der Waals surface area contributed by atoms with E-state index < -0.39 is 21.1 Å². The Kier molecular flexibility index (Phi) is 5.83. The zero-order valence-corrected chi connectivity index (χ0v) is 14.3. The molecule has 1 atom stereocenters. The van der Waals surface area contributed by atoms with Crippen LogP contribution in [0.5, 0.6) is 0 Å². The summed E-state index contributed by atoms with van der Waals surface area (Å²) in [6.45, 7) is 3.87. The van der Waals surface area contributed by atoms with Gasteiger partial charge >= 0.3 is 0 Å². The molecule has 116 valence electrons. The molecule has 0 fully saturated rings. The van der Waals surface area contributed by atoms with Gasteiger partial charge in [-0.1, -0.05) is 42.0 Å². The summed E-state index contributed by atoms with van der Waals surface area (Å²) in [5.74, 6) is 0.644. The first-order chi connectivity index (χ1) is 10.5. The fourth-order valence-corrected chi connectivity index (χ4v) is 5.51. The summed E-state index contributed by atoms with van der Waals surface area (Å²) in [6.07, 6.45) is 3.91. The van der Waals surface area contributed by atoms with Crippen molar-refractivity contribution in [2.75, 3.05) is 5.75 Å². The van der Waals surface area contributed by atoms with Gasteiger partial charge in [0.05, 0.1) is 4.90 Å². The van der Waals surface area contributed by atoms with Gasteiger partial charge in [0.15, 0.2) is 10.6 Å². The molecule has 0 aliphatic heterocycles. The Hall–Kier alpha value is -1.56. The average Bonchev–Trinajstić information content (AvgIpc) is 2.52. The number of benzene rings is 2. The molecule has 0 amide bonds. The van der Waals surface area contributed by atoms with Crippen molar-refractivity contribution in [3.63, 3.8) is 0 Å². The maximum atomic E-state index is 12.6. The molecule has 22 heavy (non-hydrogen) atoms. The molecule has 0 saturated carbocycles. The monoisotopic (exact) mass is 334 g/mol. The number of aryl methyl sites for hydroxylation is 1. The van der Waals surface area contributed by atoms with Crippen molar-refractivity contribution in [1.82, 2.24) is 4.13 Å². The highest BCUT2D eigenvalue weighted by atomic mass is 32.3. The van der Waals surface area contributed by atoms with Gasteiger partial charge in [-0.2, -0.15) is 0 Å². The zero-order valence-electron chi connectivity index (χ0n) is 12.7. The molecule has 0 heterocycles. The van der Waals surface area contributed by atoms with Crippen LogP contribution in [0.1, 0.15) is 12.5 Å². The average molecular weight is 334 g/mol. The zero-order chi connectivity index (χ0) is 16.0. The maximum absolute atomic E-state index is 12.6. The smallest absolute Gasteiger partial charge is 0.203 e. The van der Waals surface area contributed by atoms with E-state index in [1.165, 1.54) is 0 Å². The fourth-order valence-electron chi connectivity index (χ4n) is 1.85. The van der Waals surface area contributed by atoms with Crippen LogP contribution in [0.25, 0.3) is 0 Å². The van der Waals surface area contributed by atoms with E-state index >= 15 is 0 Å². The topological polar surface area (TPSA) is 46.2 Å². The summed E-state index contributed by atoms with van der Waals surface area (Å²) in [5.41, 5.74) is 1.04. The van der Waals surface area contributed by atoms with Crippen molar-refractivity contribution < 1.29 is 8.42 Å². The van der Waals surface area contributed by atoms with Gasteiger partial charge in [0, 0.05) is 0 Å². The van der Waals surface area contributed by atoms with Crippen molar-refractivity contribution in [2.24, 2.45) is 0 Å². The second-order valence-electron chi connectivity index (χ2n) is 4.84. The summed E-state index contributed by atoms with van der Waals surface area (Å²) < 4.78 is 28.0. The van der Waals surface area contributed by atoms with Gasteiger partial charge in [-0.15, -0.1) is 0 Å². The quantitative estimate of drug-likeness (QED) is 0.650. The lowest BCUT2D eigenvalue weighted by atomic mass is 10.2. The molecule has 0 aromatic heterocycles. The third-order valence-electron chi connectivity index (χ3n) is 3.07. The van der Waals surface area contributed by atoms with Crippen molar-refractivity contribution in [1.29, 1.82) is 0 Å². The van der Waals surface area contributed by atoms with E-state index in [9.17, 15) is 8.42 Å². The molecule has 0 aliphatic carbocycles. The molecule has 0 saturated heterocycles. The van der Waals surface area contributed by atoms with E-state index in [4.69, 9.17) is 0 Å². The number of hydrogen-bond acceptors (Lipinski definition) is 2. The maximum Gasteiger partial charge on any atom is 0.279 e. The minimum Gasteiger partial charge on any atom is -0.203 e. The van der Waals surface area contributed by atoms with Crippen LogP contribution in [0.15, 0.2) is 76.5 Å². The fraction of sp³-hybridized carbons (Fsp3) is 0.176. The molecule has 0 radical (unpaired) electrons. The Morgan fingerprint density at radius 2 is 1.68 bits per heavy atom. The van der Waals surface area contributed by atoms with Gasteiger partial charge in [0.25, 0.3) is 10.0 Å². The Labute approximate surface area is 135 Å². The number of rotatable bonds is 6. The van der Waals surface area contributed by atoms with Crippen molar-refractivity contribution in [2.45, 2.75) is 23.6 Å². The van der Waals surface area contributed by atoms with Crippen LogP contribution in [-0.4, -0.2) is 14.2 Å². The summed E-state index contributed by atoms with van der Waals surface area (Å²) in [7, 11) is -3.53. The minimum atomic E-state index is -3.53. The number of sulfonamides is 1. The standard InChI is InChI=1S/C17H20NO2S2/c1-3-4-14-21(16-8-6-5-7-9-16)18-22(19,20)17-12-10-15(2)11-13-17/h3-13,18H,14H2,1-2H3/q+1. The Balaban J connectivity index is 2.27. The van der Waals surface area contributed by atoms with E-state index in [1.54, 1.807) is 24.3 Å². The number of hydrogen-bond donors (Lipinski definition) is 1. The molecular formula is C17H20NO2S2+. The molecule has 1 N–H and O–H groups in total. The third-order valence-corrected chi connectivity index (χ3v) is 7.01. The second kappa shape index (κ2) is 7.63. The summed E-state index contributed by atoms with van der Waals surface area (Å²) in [6, 6.07) is 16.6. The van der Waals surface area contributed by atoms with Gasteiger partial charge in [-0.3, -0.25) is 0 Å². The van der Waals surface area contributed by atoms with Crippen molar-refractivity contribution in [3.8, 4) is 0 Å². The van der Waals surface area contributed by atoms with Gasteiger partial charge in [-0.05, 0) is 48.3 Å². The van der Waals surface area contributed by atoms with E-state index in [-0.39, 0.29) is 0 Å². The van der Waals surface area contributed by atoms with Crippen LogP contribution in [-0.2, 0) is 21.1 Å². The van der Waals surface area contributed by atoms with Crippen LogP contribution in [0.4, 0.5) is 0 Å². The number of nitrogens with one attached hydrogen (secondary N) is 1. The first kappa shape index (κ1) is 16.8. The third kappa shape index (κ3) is 4.47.